The third-order valence-electron chi connectivity index (χ3n) is 4.46. The number of piperidine rings is 1. The molecule has 1 aliphatic rings. The highest BCUT2D eigenvalue weighted by Gasteiger charge is 2.24. The van der Waals surface area contributed by atoms with Crippen LogP contribution in [0.2, 0.25) is 0 Å². The third kappa shape index (κ3) is 4.35. The molecule has 130 valence electrons. The largest absolute Gasteiger partial charge is 0.371 e. The van der Waals surface area contributed by atoms with Crippen LogP contribution in [0.1, 0.15) is 28.9 Å². The van der Waals surface area contributed by atoms with Crippen molar-refractivity contribution in [1.82, 2.24) is 10.3 Å². The number of pyridine rings is 1. The van der Waals surface area contributed by atoms with Crippen molar-refractivity contribution in [3.63, 3.8) is 0 Å². The number of nitrogens with one attached hydrogen (secondary N) is 1. The van der Waals surface area contributed by atoms with Gasteiger partial charge in [0.2, 0.25) is 5.91 Å². The van der Waals surface area contributed by atoms with Gasteiger partial charge < -0.3 is 16.0 Å². The number of carbonyl (C=O) groups is 2. The maximum atomic E-state index is 12.4. The van der Waals surface area contributed by atoms with Gasteiger partial charge in [0.25, 0.3) is 5.91 Å². The second-order valence-corrected chi connectivity index (χ2v) is 6.26. The number of nitrogens with zero attached hydrogens (tertiary/aromatic N) is 2. The fraction of sp³-hybridized carbons (Fsp3) is 0.316. The molecule has 1 unspecified atom stereocenters. The Morgan fingerprint density at radius 2 is 2.04 bits per heavy atom. The molecule has 1 saturated heterocycles. The molecule has 2 heterocycles. The minimum atomic E-state index is -0.264. The number of carbonyl (C=O) groups excluding carboxylic acids is 2. The zero-order chi connectivity index (χ0) is 17.6. The van der Waals surface area contributed by atoms with Gasteiger partial charge in [0, 0.05) is 31.5 Å². The van der Waals surface area contributed by atoms with Crippen LogP contribution in [0, 0.1) is 5.92 Å². The molecule has 0 bridgehead atoms. The van der Waals surface area contributed by atoms with E-state index in [-0.39, 0.29) is 17.7 Å². The molecule has 3 rings (SSSR count). The smallest absolute Gasteiger partial charge is 0.270 e. The quantitative estimate of drug-likeness (QED) is 0.869. The lowest BCUT2D eigenvalue weighted by Gasteiger charge is -2.33. The van der Waals surface area contributed by atoms with Gasteiger partial charge in [0.05, 0.1) is 5.92 Å². The molecule has 2 aromatic rings. The number of amides is 2. The van der Waals surface area contributed by atoms with E-state index >= 15 is 0 Å². The maximum Gasteiger partial charge on any atom is 0.270 e. The van der Waals surface area contributed by atoms with Crippen LogP contribution < -0.4 is 16.0 Å². The van der Waals surface area contributed by atoms with E-state index in [9.17, 15) is 9.59 Å². The fourth-order valence-electron chi connectivity index (χ4n) is 3.05. The van der Waals surface area contributed by atoms with Crippen molar-refractivity contribution in [3.05, 3.63) is 59.9 Å². The van der Waals surface area contributed by atoms with E-state index in [4.69, 9.17) is 5.73 Å². The van der Waals surface area contributed by atoms with Crippen molar-refractivity contribution in [1.29, 1.82) is 0 Å². The van der Waals surface area contributed by atoms with Crippen LogP contribution in [-0.2, 0) is 11.3 Å². The molecule has 1 fully saturated rings. The second kappa shape index (κ2) is 7.79. The highest BCUT2D eigenvalue weighted by molar-refractivity contribution is 5.93. The van der Waals surface area contributed by atoms with Crippen LogP contribution in [0.15, 0.2) is 48.7 Å². The van der Waals surface area contributed by atoms with Gasteiger partial charge in [-0.25, -0.2) is 0 Å². The Bertz CT molecular complexity index is 748. The first-order chi connectivity index (χ1) is 12.1. The fourth-order valence-corrected chi connectivity index (χ4v) is 3.05. The lowest BCUT2D eigenvalue weighted by Crippen LogP contribution is -2.41. The standard InChI is InChI=1S/C19H22N4O2/c20-18(24)15-7-4-10-23(13-15)16-8-9-21-17(11-16)19(25)22-12-14-5-2-1-3-6-14/h1-3,5-6,8-9,11,15H,4,7,10,12-13H2,(H2,20,24)(H,22,25). The summed E-state index contributed by atoms with van der Waals surface area (Å²) < 4.78 is 0. The summed E-state index contributed by atoms with van der Waals surface area (Å²) >= 11 is 0. The third-order valence-corrected chi connectivity index (χ3v) is 4.46. The van der Waals surface area contributed by atoms with Crippen LogP contribution in [-0.4, -0.2) is 29.9 Å². The Kier molecular flexibility index (Phi) is 5.28. The van der Waals surface area contributed by atoms with Crippen LogP contribution in [0.4, 0.5) is 5.69 Å². The molecule has 2 amide bonds. The van der Waals surface area contributed by atoms with E-state index in [2.05, 4.69) is 15.2 Å². The van der Waals surface area contributed by atoms with Gasteiger partial charge in [0.1, 0.15) is 5.69 Å². The van der Waals surface area contributed by atoms with Gasteiger partial charge in [-0.15, -0.1) is 0 Å². The minimum Gasteiger partial charge on any atom is -0.371 e. The number of benzene rings is 1. The van der Waals surface area contributed by atoms with Crippen LogP contribution >= 0.6 is 0 Å². The number of primary amides is 1. The van der Waals surface area contributed by atoms with Crippen molar-refractivity contribution in [2.45, 2.75) is 19.4 Å². The Balaban J connectivity index is 1.66. The SMILES string of the molecule is NC(=O)C1CCCN(c2ccnc(C(=O)NCc3ccccc3)c2)C1. The van der Waals surface area contributed by atoms with Crippen molar-refractivity contribution in [2.24, 2.45) is 11.7 Å². The summed E-state index contributed by atoms with van der Waals surface area (Å²) in [5.41, 5.74) is 7.74. The molecular formula is C19H22N4O2. The van der Waals surface area contributed by atoms with Gasteiger partial charge in [-0.1, -0.05) is 30.3 Å². The Hall–Kier alpha value is -2.89. The van der Waals surface area contributed by atoms with Crippen molar-refractivity contribution >= 4 is 17.5 Å². The highest BCUT2D eigenvalue weighted by atomic mass is 16.2. The van der Waals surface area contributed by atoms with E-state index < -0.39 is 0 Å². The minimum absolute atomic E-state index is 0.141. The van der Waals surface area contributed by atoms with Crippen LogP contribution in [0.3, 0.4) is 0 Å². The summed E-state index contributed by atoms with van der Waals surface area (Å²) in [4.78, 5) is 30.1. The first-order valence-corrected chi connectivity index (χ1v) is 8.46. The number of aromatic nitrogens is 1. The van der Waals surface area contributed by atoms with Gasteiger partial charge in [0.15, 0.2) is 0 Å². The van der Waals surface area contributed by atoms with E-state index in [1.165, 1.54) is 0 Å². The number of hydrogen-bond acceptors (Lipinski definition) is 4. The zero-order valence-electron chi connectivity index (χ0n) is 14.0. The molecule has 1 aliphatic heterocycles. The summed E-state index contributed by atoms with van der Waals surface area (Å²) in [6, 6.07) is 13.4. The van der Waals surface area contributed by atoms with Crippen molar-refractivity contribution in [2.75, 3.05) is 18.0 Å². The first-order valence-electron chi connectivity index (χ1n) is 8.46. The Labute approximate surface area is 147 Å². The molecule has 1 aromatic heterocycles. The van der Waals surface area contributed by atoms with Gasteiger partial charge in [-0.3, -0.25) is 14.6 Å². The van der Waals surface area contributed by atoms with Gasteiger partial charge >= 0.3 is 0 Å². The van der Waals surface area contributed by atoms with Crippen LogP contribution in [0.5, 0.6) is 0 Å². The summed E-state index contributed by atoms with van der Waals surface area (Å²) in [6.45, 7) is 1.89. The highest BCUT2D eigenvalue weighted by Crippen LogP contribution is 2.23. The normalized spacial score (nSPS) is 17.1. The van der Waals surface area contributed by atoms with E-state index in [0.717, 1.165) is 30.6 Å². The number of anilines is 1. The second-order valence-electron chi connectivity index (χ2n) is 6.26. The van der Waals surface area contributed by atoms with Gasteiger partial charge in [-0.2, -0.15) is 0 Å². The monoisotopic (exact) mass is 338 g/mol. The lowest BCUT2D eigenvalue weighted by molar-refractivity contribution is -0.122. The van der Waals surface area contributed by atoms with Crippen LogP contribution in [0.25, 0.3) is 0 Å². The van der Waals surface area contributed by atoms with Crippen molar-refractivity contribution < 1.29 is 9.59 Å². The Morgan fingerprint density at radius 1 is 1.24 bits per heavy atom. The van der Waals surface area contributed by atoms with Crippen molar-refractivity contribution in [3.8, 4) is 0 Å². The topological polar surface area (TPSA) is 88.3 Å². The molecule has 1 atom stereocenters. The van der Waals surface area contributed by atoms with E-state index in [1.54, 1.807) is 12.3 Å². The molecule has 1 aromatic carbocycles. The molecular weight excluding hydrogens is 316 g/mol. The molecule has 0 spiro atoms. The van der Waals surface area contributed by atoms with Gasteiger partial charge in [-0.05, 0) is 30.5 Å². The summed E-state index contributed by atoms with van der Waals surface area (Å²) in [6.07, 6.45) is 3.35. The zero-order valence-corrected chi connectivity index (χ0v) is 14.0. The summed E-state index contributed by atoms with van der Waals surface area (Å²) in [5.74, 6) is -0.619. The number of hydrogen-bond donors (Lipinski definition) is 2. The van der Waals surface area contributed by atoms with E-state index in [0.29, 0.717) is 18.8 Å². The lowest BCUT2D eigenvalue weighted by atomic mass is 9.97. The number of rotatable bonds is 5. The maximum absolute atomic E-state index is 12.4. The molecule has 6 nitrogen and oxygen atoms in total. The predicted octanol–water partition coefficient (Wildman–Crippen LogP) is 1.71. The van der Waals surface area contributed by atoms with E-state index in [1.807, 2.05) is 36.4 Å². The predicted molar refractivity (Wildman–Crippen MR) is 96.0 cm³/mol. The molecule has 0 radical (unpaired) electrons. The Morgan fingerprint density at radius 3 is 2.80 bits per heavy atom. The summed E-state index contributed by atoms with van der Waals surface area (Å²) in [5, 5.41) is 2.88. The molecule has 0 saturated carbocycles. The average Bonchev–Trinajstić information content (AvgIpc) is 2.67. The molecule has 0 aliphatic carbocycles. The average molecular weight is 338 g/mol. The number of nitrogens with two attached hydrogens (primary N) is 1. The summed E-state index contributed by atoms with van der Waals surface area (Å²) in [7, 11) is 0. The molecule has 3 N–H and O–H groups in total. The molecule has 6 heteroatoms. The molecule has 25 heavy (non-hydrogen) atoms. The first kappa shape index (κ1) is 17.0.